The van der Waals surface area contributed by atoms with Crippen LogP contribution in [0.1, 0.15) is 42.6 Å². The maximum Gasteiger partial charge on any atom is 0.267 e. The molecule has 3 aromatic rings. The van der Waals surface area contributed by atoms with Crippen molar-refractivity contribution in [1.82, 2.24) is 19.6 Å². The summed E-state index contributed by atoms with van der Waals surface area (Å²) in [6.07, 6.45) is 7.90. The Hall–Kier alpha value is -2.78. The number of carbonyl (C=O) groups is 1. The van der Waals surface area contributed by atoms with E-state index in [0.29, 0.717) is 31.2 Å². The molecule has 4 rings (SSSR count). The molecule has 0 atom stereocenters. The fourth-order valence-corrected chi connectivity index (χ4v) is 5.61. The molecule has 0 aliphatic carbocycles. The smallest absolute Gasteiger partial charge is 0.267 e. The topological polar surface area (TPSA) is 95.2 Å². The molecule has 1 aromatic carbocycles. The molecule has 1 fully saturated rings. The molecule has 1 saturated heterocycles. The minimum Gasteiger partial charge on any atom is -0.351 e. The Labute approximate surface area is 187 Å². The molecule has 170 valence electrons. The van der Waals surface area contributed by atoms with Gasteiger partial charge in [-0.2, -0.15) is 4.31 Å². The molecule has 1 aliphatic heterocycles. The first kappa shape index (κ1) is 22.4. The number of nitrogens with one attached hydrogen (secondary N) is 2. The first-order valence-electron chi connectivity index (χ1n) is 10.9. The SMILES string of the molecule is O=C(NCCCCC1CCN(S(=O)(=O)c2ccc(F)cc2)CC1)c1cc2cnccc2[nH]1. The predicted octanol–water partition coefficient (Wildman–Crippen LogP) is 3.70. The van der Waals surface area contributed by atoms with E-state index in [4.69, 9.17) is 0 Å². The van der Waals surface area contributed by atoms with Gasteiger partial charge in [0.2, 0.25) is 10.0 Å². The van der Waals surface area contributed by atoms with Crippen LogP contribution in [0.5, 0.6) is 0 Å². The summed E-state index contributed by atoms with van der Waals surface area (Å²) < 4.78 is 40.0. The normalized spacial score (nSPS) is 15.8. The van der Waals surface area contributed by atoms with Crippen LogP contribution < -0.4 is 5.32 Å². The lowest BCUT2D eigenvalue weighted by atomic mass is 9.92. The number of piperidine rings is 1. The molecular formula is C23H27FN4O3S. The molecule has 0 saturated carbocycles. The van der Waals surface area contributed by atoms with Gasteiger partial charge in [-0.3, -0.25) is 9.78 Å². The number of aromatic amines is 1. The van der Waals surface area contributed by atoms with E-state index in [0.717, 1.165) is 43.0 Å². The van der Waals surface area contributed by atoms with Crippen molar-refractivity contribution in [2.24, 2.45) is 5.92 Å². The number of rotatable bonds is 8. The number of unbranched alkanes of at least 4 members (excludes halogenated alkanes) is 1. The molecule has 32 heavy (non-hydrogen) atoms. The highest BCUT2D eigenvalue weighted by Crippen LogP contribution is 2.27. The number of hydrogen-bond acceptors (Lipinski definition) is 4. The molecule has 0 bridgehead atoms. The zero-order chi connectivity index (χ0) is 22.6. The summed E-state index contributed by atoms with van der Waals surface area (Å²) in [4.78, 5) is 19.6. The summed E-state index contributed by atoms with van der Waals surface area (Å²) in [5.41, 5.74) is 1.42. The Bertz CT molecular complexity index is 1140. The summed E-state index contributed by atoms with van der Waals surface area (Å²) in [6, 6.07) is 8.62. The number of nitrogens with zero attached hydrogens (tertiary/aromatic N) is 2. The molecule has 9 heteroatoms. The largest absolute Gasteiger partial charge is 0.351 e. The Morgan fingerprint density at radius 3 is 2.62 bits per heavy atom. The van der Waals surface area contributed by atoms with E-state index < -0.39 is 15.8 Å². The second-order valence-corrected chi connectivity index (χ2v) is 10.1. The van der Waals surface area contributed by atoms with E-state index in [-0.39, 0.29) is 10.8 Å². The lowest BCUT2D eigenvalue weighted by molar-refractivity contribution is 0.0948. The number of fused-ring (bicyclic) bond motifs is 1. The average Bonchev–Trinajstić information content (AvgIpc) is 3.24. The lowest BCUT2D eigenvalue weighted by Crippen LogP contribution is -2.38. The summed E-state index contributed by atoms with van der Waals surface area (Å²) in [6.45, 7) is 1.57. The van der Waals surface area contributed by atoms with Crippen LogP contribution in [0.4, 0.5) is 4.39 Å². The van der Waals surface area contributed by atoms with Crippen molar-refractivity contribution in [1.29, 1.82) is 0 Å². The van der Waals surface area contributed by atoms with E-state index >= 15 is 0 Å². The highest BCUT2D eigenvalue weighted by molar-refractivity contribution is 7.89. The van der Waals surface area contributed by atoms with Gasteiger partial charge in [-0.25, -0.2) is 12.8 Å². The van der Waals surface area contributed by atoms with Crippen LogP contribution in [0, 0.1) is 11.7 Å². The van der Waals surface area contributed by atoms with E-state index in [1.54, 1.807) is 18.5 Å². The van der Waals surface area contributed by atoms with Gasteiger partial charge in [0, 0.05) is 42.9 Å². The minimum atomic E-state index is -3.56. The second kappa shape index (κ2) is 9.79. The maximum atomic E-state index is 13.1. The molecule has 2 N–H and O–H groups in total. The van der Waals surface area contributed by atoms with E-state index in [9.17, 15) is 17.6 Å². The fourth-order valence-electron chi connectivity index (χ4n) is 4.14. The fraction of sp³-hybridized carbons (Fsp3) is 0.391. The Kier molecular flexibility index (Phi) is 6.86. The van der Waals surface area contributed by atoms with Gasteiger partial charge < -0.3 is 10.3 Å². The standard InChI is InChI=1S/C23H27FN4O3S/c24-19-4-6-20(7-5-19)32(30,31)28-13-9-17(10-14-28)3-1-2-11-26-23(29)22-15-18-16-25-12-8-21(18)27-22/h4-8,12,15-17,27H,1-3,9-11,13-14H2,(H,26,29). The third-order valence-corrected chi connectivity index (χ3v) is 7.93. The number of halogens is 1. The maximum absolute atomic E-state index is 13.1. The summed E-state index contributed by atoms with van der Waals surface area (Å²) >= 11 is 0. The molecule has 0 spiro atoms. The third-order valence-electron chi connectivity index (χ3n) is 6.02. The number of aromatic nitrogens is 2. The second-order valence-electron chi connectivity index (χ2n) is 8.20. The lowest BCUT2D eigenvalue weighted by Gasteiger charge is -2.31. The van der Waals surface area contributed by atoms with Crippen molar-refractivity contribution in [3.63, 3.8) is 0 Å². The number of H-pyrrole nitrogens is 1. The van der Waals surface area contributed by atoms with Gasteiger partial charge in [0.05, 0.1) is 4.90 Å². The molecule has 1 aliphatic rings. The minimum absolute atomic E-state index is 0.125. The number of carbonyl (C=O) groups excluding carboxylic acids is 1. The van der Waals surface area contributed by atoms with Gasteiger partial charge in [0.25, 0.3) is 5.91 Å². The monoisotopic (exact) mass is 458 g/mol. The Morgan fingerprint density at radius 2 is 1.91 bits per heavy atom. The molecule has 2 aromatic heterocycles. The van der Waals surface area contributed by atoms with Crippen LogP contribution in [0.2, 0.25) is 0 Å². The van der Waals surface area contributed by atoms with Crippen molar-refractivity contribution < 1.29 is 17.6 Å². The van der Waals surface area contributed by atoms with Gasteiger partial charge in [-0.1, -0.05) is 12.8 Å². The van der Waals surface area contributed by atoms with Gasteiger partial charge in [0.1, 0.15) is 11.5 Å². The number of amides is 1. The number of pyridine rings is 1. The third kappa shape index (κ3) is 5.16. The van der Waals surface area contributed by atoms with Gasteiger partial charge in [0.15, 0.2) is 0 Å². The first-order valence-corrected chi connectivity index (χ1v) is 12.3. The molecule has 0 radical (unpaired) electrons. The van der Waals surface area contributed by atoms with Crippen LogP contribution in [0.3, 0.4) is 0 Å². The van der Waals surface area contributed by atoms with Crippen LogP contribution in [0.15, 0.2) is 53.7 Å². The Morgan fingerprint density at radius 1 is 1.16 bits per heavy atom. The summed E-state index contributed by atoms with van der Waals surface area (Å²) in [5, 5.41) is 3.85. The number of hydrogen-bond donors (Lipinski definition) is 2. The molecule has 0 unspecified atom stereocenters. The predicted molar refractivity (Wildman–Crippen MR) is 120 cm³/mol. The van der Waals surface area contributed by atoms with Gasteiger partial charge >= 0.3 is 0 Å². The van der Waals surface area contributed by atoms with Crippen molar-refractivity contribution in [3.05, 3.63) is 60.3 Å². The van der Waals surface area contributed by atoms with E-state index in [2.05, 4.69) is 15.3 Å². The van der Waals surface area contributed by atoms with Crippen molar-refractivity contribution in [3.8, 4) is 0 Å². The van der Waals surface area contributed by atoms with Gasteiger partial charge in [-0.05, 0) is 61.6 Å². The molecule has 1 amide bonds. The van der Waals surface area contributed by atoms with Crippen LogP contribution in [-0.4, -0.2) is 48.2 Å². The highest BCUT2D eigenvalue weighted by atomic mass is 32.2. The summed E-state index contributed by atoms with van der Waals surface area (Å²) in [5.74, 6) is -0.0930. The molecule has 3 heterocycles. The summed E-state index contributed by atoms with van der Waals surface area (Å²) in [7, 11) is -3.56. The number of sulfonamides is 1. The quantitative estimate of drug-likeness (QED) is 0.503. The van der Waals surface area contributed by atoms with Crippen molar-refractivity contribution >= 4 is 26.8 Å². The van der Waals surface area contributed by atoms with E-state index in [1.165, 1.54) is 28.6 Å². The Balaban J connectivity index is 1.16. The van der Waals surface area contributed by atoms with Crippen molar-refractivity contribution in [2.75, 3.05) is 19.6 Å². The first-order chi connectivity index (χ1) is 15.4. The van der Waals surface area contributed by atoms with Crippen molar-refractivity contribution in [2.45, 2.75) is 37.0 Å². The molecule has 7 nitrogen and oxygen atoms in total. The van der Waals surface area contributed by atoms with Crippen LogP contribution in [0.25, 0.3) is 10.9 Å². The van der Waals surface area contributed by atoms with Gasteiger partial charge in [-0.15, -0.1) is 0 Å². The zero-order valence-corrected chi connectivity index (χ0v) is 18.6. The van der Waals surface area contributed by atoms with E-state index in [1.807, 2.05) is 6.07 Å². The molecular weight excluding hydrogens is 431 g/mol. The average molecular weight is 459 g/mol. The zero-order valence-electron chi connectivity index (χ0n) is 17.8. The van der Waals surface area contributed by atoms with Crippen LogP contribution in [-0.2, 0) is 10.0 Å². The highest BCUT2D eigenvalue weighted by Gasteiger charge is 2.29. The number of benzene rings is 1. The van der Waals surface area contributed by atoms with Crippen LogP contribution >= 0.6 is 0 Å².